The molecule has 0 bridgehead atoms. The van der Waals surface area contributed by atoms with Crippen LogP contribution < -0.4 is 4.74 Å². The lowest BCUT2D eigenvalue weighted by molar-refractivity contribution is 0.120. The number of methoxy groups -OCH3 is 1. The summed E-state index contributed by atoms with van der Waals surface area (Å²) in [6, 6.07) is 6.83. The van der Waals surface area contributed by atoms with Gasteiger partial charge in [0, 0.05) is 18.0 Å². The summed E-state index contributed by atoms with van der Waals surface area (Å²) in [7, 11) is 1.72. The van der Waals surface area contributed by atoms with Crippen molar-refractivity contribution >= 4 is 10.9 Å². The molecule has 1 aromatic heterocycles. The molecular weight excluding hydrogens is 312 g/mol. The van der Waals surface area contributed by atoms with Crippen molar-refractivity contribution in [1.82, 2.24) is 20.0 Å². The Hall–Kier alpha value is -1.59. The van der Waals surface area contributed by atoms with Crippen molar-refractivity contribution in [3.63, 3.8) is 0 Å². The molecule has 5 nitrogen and oxygen atoms in total. The molecule has 2 aromatic rings. The van der Waals surface area contributed by atoms with Crippen LogP contribution in [0.1, 0.15) is 44.2 Å². The summed E-state index contributed by atoms with van der Waals surface area (Å²) in [5.41, 5.74) is 2.25. The Kier molecular flexibility index (Phi) is 5.22. The average molecular weight is 342 g/mol. The highest BCUT2D eigenvalue weighted by Crippen LogP contribution is 2.27. The normalized spacial score (nSPS) is 22.7. The first-order valence-electron chi connectivity index (χ1n) is 9.81. The molecule has 0 aliphatic carbocycles. The molecule has 25 heavy (non-hydrogen) atoms. The third kappa shape index (κ3) is 3.82. The van der Waals surface area contributed by atoms with Gasteiger partial charge < -0.3 is 9.64 Å². The fourth-order valence-electron chi connectivity index (χ4n) is 4.43. The Labute approximate surface area is 150 Å². The van der Waals surface area contributed by atoms with Crippen LogP contribution in [0.3, 0.4) is 0 Å². The predicted octanol–water partition coefficient (Wildman–Crippen LogP) is 3.41. The number of aromatic nitrogens is 2. The number of rotatable bonds is 6. The van der Waals surface area contributed by atoms with Crippen molar-refractivity contribution < 1.29 is 4.74 Å². The highest BCUT2D eigenvalue weighted by molar-refractivity contribution is 5.82. The van der Waals surface area contributed by atoms with Crippen LogP contribution in [0.4, 0.5) is 0 Å². The zero-order valence-electron chi connectivity index (χ0n) is 15.3. The lowest BCUT2D eigenvalue weighted by atomic mass is 9.98. The molecule has 2 aliphatic heterocycles. The zero-order chi connectivity index (χ0) is 17.1. The Balaban J connectivity index is 1.45. The minimum absolute atomic E-state index is 0.707. The van der Waals surface area contributed by atoms with E-state index < -0.39 is 0 Å². The molecule has 136 valence electrons. The second-order valence-corrected chi connectivity index (χ2v) is 7.54. The number of hydrogen-bond acceptors (Lipinski definition) is 4. The van der Waals surface area contributed by atoms with Gasteiger partial charge in [-0.05, 0) is 76.5 Å². The van der Waals surface area contributed by atoms with E-state index in [9.17, 15) is 0 Å². The number of nitrogens with one attached hydrogen (secondary N) is 1. The monoisotopic (exact) mass is 342 g/mol. The van der Waals surface area contributed by atoms with Crippen LogP contribution in [0.2, 0.25) is 0 Å². The van der Waals surface area contributed by atoms with Crippen molar-refractivity contribution in [1.29, 1.82) is 0 Å². The van der Waals surface area contributed by atoms with E-state index in [1.165, 1.54) is 75.8 Å². The Morgan fingerprint density at radius 3 is 2.84 bits per heavy atom. The van der Waals surface area contributed by atoms with E-state index in [1.54, 1.807) is 7.11 Å². The predicted molar refractivity (Wildman–Crippen MR) is 101 cm³/mol. The average Bonchev–Trinajstić information content (AvgIpc) is 3.31. The van der Waals surface area contributed by atoms with Crippen LogP contribution in [-0.4, -0.2) is 59.3 Å². The third-order valence-electron chi connectivity index (χ3n) is 5.93. The van der Waals surface area contributed by atoms with E-state index in [-0.39, 0.29) is 0 Å². The van der Waals surface area contributed by atoms with E-state index in [0.29, 0.717) is 6.04 Å². The van der Waals surface area contributed by atoms with Crippen molar-refractivity contribution in [3.05, 3.63) is 23.9 Å². The lowest BCUT2D eigenvalue weighted by Crippen LogP contribution is -2.41. The lowest BCUT2D eigenvalue weighted by Gasteiger charge is -2.36. The molecule has 2 saturated heterocycles. The summed E-state index contributed by atoms with van der Waals surface area (Å²) in [5.74, 6) is 0.902. The first-order chi connectivity index (χ1) is 12.3. The molecule has 2 fully saturated rings. The molecule has 0 radical (unpaired) electrons. The van der Waals surface area contributed by atoms with Gasteiger partial charge >= 0.3 is 0 Å². The van der Waals surface area contributed by atoms with Gasteiger partial charge in [-0.1, -0.05) is 6.42 Å². The number of ether oxygens (including phenoxy) is 1. The molecular formula is C20H30N4O. The van der Waals surface area contributed by atoms with Crippen molar-refractivity contribution in [2.75, 3.05) is 33.3 Å². The number of piperidine rings is 1. The minimum Gasteiger partial charge on any atom is -0.497 e. The van der Waals surface area contributed by atoms with E-state index in [4.69, 9.17) is 4.74 Å². The van der Waals surface area contributed by atoms with Crippen LogP contribution in [0.25, 0.3) is 10.9 Å². The summed E-state index contributed by atoms with van der Waals surface area (Å²) < 4.78 is 5.39. The van der Waals surface area contributed by atoms with Gasteiger partial charge in [-0.15, -0.1) is 0 Å². The van der Waals surface area contributed by atoms with E-state index >= 15 is 0 Å². The molecule has 1 atom stereocenters. The summed E-state index contributed by atoms with van der Waals surface area (Å²) in [6.07, 6.45) is 8.10. The first-order valence-corrected chi connectivity index (χ1v) is 9.81. The maximum absolute atomic E-state index is 5.39. The highest BCUT2D eigenvalue weighted by Gasteiger charge is 2.24. The fraction of sp³-hybridized carbons (Fsp3) is 0.650. The van der Waals surface area contributed by atoms with Crippen molar-refractivity contribution in [2.45, 2.75) is 51.1 Å². The van der Waals surface area contributed by atoms with Gasteiger partial charge in [0.1, 0.15) is 5.75 Å². The maximum atomic E-state index is 5.39. The van der Waals surface area contributed by atoms with Gasteiger partial charge in [-0.2, -0.15) is 5.10 Å². The topological polar surface area (TPSA) is 44.4 Å². The first kappa shape index (κ1) is 16.9. The molecule has 1 N–H and O–H groups in total. The van der Waals surface area contributed by atoms with Crippen LogP contribution >= 0.6 is 0 Å². The summed E-state index contributed by atoms with van der Waals surface area (Å²) in [5, 5.41) is 8.95. The number of H-pyrrole nitrogens is 1. The molecule has 4 rings (SSSR count). The Morgan fingerprint density at radius 1 is 1.16 bits per heavy atom. The number of likely N-dealkylation sites (tertiary alicyclic amines) is 2. The number of aromatic amines is 1. The molecule has 5 heteroatoms. The molecule has 0 spiro atoms. The summed E-state index contributed by atoms with van der Waals surface area (Å²) in [6.45, 7) is 6.04. The van der Waals surface area contributed by atoms with Crippen LogP contribution in [0, 0.1) is 0 Å². The van der Waals surface area contributed by atoms with Crippen molar-refractivity contribution in [3.8, 4) is 5.75 Å². The van der Waals surface area contributed by atoms with Gasteiger partial charge in [0.2, 0.25) is 0 Å². The summed E-state index contributed by atoms with van der Waals surface area (Å²) in [4.78, 5) is 5.31. The quantitative estimate of drug-likeness (QED) is 0.874. The second kappa shape index (κ2) is 7.75. The van der Waals surface area contributed by atoms with Crippen molar-refractivity contribution in [2.24, 2.45) is 0 Å². The van der Waals surface area contributed by atoms with Gasteiger partial charge in [-0.3, -0.25) is 10.00 Å². The second-order valence-electron chi connectivity index (χ2n) is 7.54. The molecule has 2 aliphatic rings. The molecule has 3 heterocycles. The highest BCUT2D eigenvalue weighted by atomic mass is 16.5. The Morgan fingerprint density at radius 2 is 2.00 bits per heavy atom. The number of hydrogen-bond donors (Lipinski definition) is 1. The van der Waals surface area contributed by atoms with Crippen LogP contribution in [-0.2, 0) is 6.54 Å². The maximum Gasteiger partial charge on any atom is 0.119 e. The molecule has 0 amide bonds. The Bertz CT molecular complexity index is 692. The third-order valence-corrected chi connectivity index (χ3v) is 5.93. The van der Waals surface area contributed by atoms with Crippen LogP contribution in [0.15, 0.2) is 18.2 Å². The van der Waals surface area contributed by atoms with Gasteiger partial charge in [0.05, 0.1) is 18.3 Å². The number of fused-ring (bicyclic) bond motifs is 1. The molecule has 1 aromatic carbocycles. The van der Waals surface area contributed by atoms with Gasteiger partial charge in [0.15, 0.2) is 0 Å². The standard InChI is InChI=1S/C20H30N4O/c1-25-17-7-8-19-18(14-17)20(22-21-19)15-24-12-3-2-6-16(24)9-13-23-10-4-5-11-23/h7-8,14,16H,2-6,9-13,15H2,1H3,(H,21,22)/t16-/m1/s1. The van der Waals surface area contributed by atoms with Gasteiger partial charge in [-0.25, -0.2) is 0 Å². The minimum atomic E-state index is 0.707. The van der Waals surface area contributed by atoms with E-state index in [2.05, 4.69) is 26.1 Å². The summed E-state index contributed by atoms with van der Waals surface area (Å²) >= 11 is 0. The molecule has 0 unspecified atom stereocenters. The van der Waals surface area contributed by atoms with Crippen LogP contribution in [0.5, 0.6) is 5.75 Å². The molecule has 0 saturated carbocycles. The zero-order valence-corrected chi connectivity index (χ0v) is 15.3. The SMILES string of the molecule is COc1ccc2n[nH]c(CN3CCCC[C@@H]3CCN3CCCC3)c2c1. The van der Waals surface area contributed by atoms with Gasteiger partial charge in [0.25, 0.3) is 0 Å². The van der Waals surface area contributed by atoms with E-state index in [1.807, 2.05) is 12.1 Å². The smallest absolute Gasteiger partial charge is 0.119 e. The number of benzene rings is 1. The largest absolute Gasteiger partial charge is 0.497 e. The number of nitrogens with zero attached hydrogens (tertiary/aromatic N) is 3. The van der Waals surface area contributed by atoms with E-state index in [0.717, 1.165) is 17.8 Å². The fourth-order valence-corrected chi connectivity index (χ4v) is 4.43.